The van der Waals surface area contributed by atoms with Gasteiger partial charge in [-0.2, -0.15) is 0 Å². The highest BCUT2D eigenvalue weighted by atomic mass is 16.7. The van der Waals surface area contributed by atoms with Crippen molar-refractivity contribution in [3.05, 3.63) is 82.9 Å². The summed E-state index contributed by atoms with van der Waals surface area (Å²) < 4.78 is 10.9. The number of amides is 1. The number of hydrogen-bond acceptors (Lipinski definition) is 6. The number of nitrogens with two attached hydrogens (primary N) is 1. The summed E-state index contributed by atoms with van der Waals surface area (Å²) in [7, 11) is 1.94. The van der Waals surface area contributed by atoms with Crippen LogP contribution in [0.2, 0.25) is 0 Å². The van der Waals surface area contributed by atoms with Gasteiger partial charge in [0.05, 0.1) is 17.0 Å². The minimum absolute atomic E-state index is 0.00142. The maximum absolute atomic E-state index is 11.5. The Morgan fingerprint density at radius 3 is 2.63 bits per heavy atom. The van der Waals surface area contributed by atoms with E-state index >= 15 is 0 Å². The Hall–Kier alpha value is -4.30. The van der Waals surface area contributed by atoms with Crippen molar-refractivity contribution in [2.75, 3.05) is 13.8 Å². The number of primary amides is 1. The predicted molar refractivity (Wildman–Crippen MR) is 135 cm³/mol. The predicted octanol–water partition coefficient (Wildman–Crippen LogP) is 4.35. The largest absolute Gasteiger partial charge is 0.494 e. The van der Waals surface area contributed by atoms with Gasteiger partial charge in [0.15, 0.2) is 17.4 Å². The number of aromatic nitrogens is 1. The van der Waals surface area contributed by atoms with Crippen molar-refractivity contribution in [1.29, 1.82) is 0 Å². The Morgan fingerprint density at radius 1 is 1.11 bits per heavy atom. The zero-order chi connectivity index (χ0) is 24.5. The van der Waals surface area contributed by atoms with Crippen LogP contribution in [-0.4, -0.2) is 35.5 Å². The van der Waals surface area contributed by atoms with Gasteiger partial charge in [-0.15, -0.1) is 0 Å². The Bertz CT molecular complexity index is 1440. The molecule has 0 radical (unpaired) electrons. The molecule has 0 saturated heterocycles. The molecule has 1 aliphatic rings. The molecule has 1 atom stereocenters. The molecule has 8 heteroatoms. The van der Waals surface area contributed by atoms with Gasteiger partial charge in [-0.1, -0.05) is 24.3 Å². The van der Waals surface area contributed by atoms with Crippen LogP contribution in [0.4, 0.5) is 5.69 Å². The number of aromatic amines is 1. The van der Waals surface area contributed by atoms with E-state index in [1.807, 2.05) is 38.2 Å². The molecule has 1 amide bonds. The number of fused-ring (bicyclic) bond motifs is 2. The van der Waals surface area contributed by atoms with Crippen molar-refractivity contribution >= 4 is 28.2 Å². The van der Waals surface area contributed by atoms with Gasteiger partial charge < -0.3 is 30.6 Å². The molecule has 5 rings (SSSR count). The zero-order valence-corrected chi connectivity index (χ0v) is 19.5. The van der Waals surface area contributed by atoms with Crippen molar-refractivity contribution in [2.45, 2.75) is 19.4 Å². The summed E-state index contributed by atoms with van der Waals surface area (Å²) in [5.74, 6) is 1.04. The Morgan fingerprint density at radius 2 is 1.89 bits per heavy atom. The quantitative estimate of drug-likeness (QED) is 0.299. The monoisotopic (exact) mass is 470 g/mol. The van der Waals surface area contributed by atoms with E-state index in [0.29, 0.717) is 22.4 Å². The van der Waals surface area contributed by atoms with E-state index < -0.39 is 5.91 Å². The second kappa shape index (κ2) is 9.15. The second-order valence-corrected chi connectivity index (χ2v) is 8.49. The van der Waals surface area contributed by atoms with Crippen LogP contribution in [0.3, 0.4) is 0 Å². The number of carbonyl (C=O) groups excluding carboxylic acids is 1. The molecule has 5 N–H and O–H groups in total. The van der Waals surface area contributed by atoms with Crippen molar-refractivity contribution in [1.82, 2.24) is 10.3 Å². The number of nitrogens with zero attached hydrogens (tertiary/aromatic N) is 1. The third-order valence-electron chi connectivity index (χ3n) is 6.24. The number of likely N-dealkylation sites (N-methyl/N-ethyl adjacent to an activating group) is 1. The number of benzene rings is 3. The molecule has 2 heterocycles. The fourth-order valence-corrected chi connectivity index (χ4v) is 4.42. The fraction of sp³-hybridized carbons (Fsp3) is 0.185. The highest BCUT2D eigenvalue weighted by Crippen LogP contribution is 2.34. The number of nitrogens with one attached hydrogen (secondary N) is 2. The molecule has 0 fully saturated rings. The van der Waals surface area contributed by atoms with Gasteiger partial charge in [0, 0.05) is 22.5 Å². The SMILES string of the molecule is CNC(Cc1ccc2c(c1)OCO2)c1ccc(N=C(C)c2c(O)[nH]c3cc(C(N)=O)ccc23)cc1. The average Bonchev–Trinajstić information content (AvgIpc) is 3.45. The third kappa shape index (κ3) is 4.43. The summed E-state index contributed by atoms with van der Waals surface area (Å²) in [6, 6.07) is 19.2. The Balaban J connectivity index is 1.36. The van der Waals surface area contributed by atoms with Gasteiger partial charge in [0.2, 0.25) is 12.7 Å². The van der Waals surface area contributed by atoms with E-state index in [0.717, 1.165) is 40.1 Å². The summed E-state index contributed by atoms with van der Waals surface area (Å²) in [4.78, 5) is 19.1. The van der Waals surface area contributed by atoms with Crippen LogP contribution in [0, 0.1) is 0 Å². The standard InChI is InChI=1S/C27H26N4O4/c1-15(25-20-9-6-18(26(28)32)13-22(20)31-27(25)33)30-19-7-4-17(5-8-19)21(29-2)11-16-3-10-23-24(12-16)35-14-34-23/h3-10,12-13,21,29,31,33H,11,14H2,1-2H3,(H2,28,32). The van der Waals surface area contributed by atoms with Gasteiger partial charge in [-0.05, 0) is 67.9 Å². The summed E-state index contributed by atoms with van der Waals surface area (Å²) in [6.45, 7) is 2.11. The molecule has 1 aromatic heterocycles. The number of aromatic hydroxyl groups is 1. The second-order valence-electron chi connectivity index (χ2n) is 8.49. The lowest BCUT2D eigenvalue weighted by Crippen LogP contribution is -2.18. The molecule has 8 nitrogen and oxygen atoms in total. The molecule has 0 bridgehead atoms. The number of hydrogen-bond donors (Lipinski definition) is 4. The molecule has 0 aliphatic carbocycles. The van der Waals surface area contributed by atoms with Gasteiger partial charge in [-0.25, -0.2) is 0 Å². The molecule has 1 aliphatic heterocycles. The van der Waals surface area contributed by atoms with E-state index in [2.05, 4.69) is 28.5 Å². The maximum Gasteiger partial charge on any atom is 0.248 e. The molecule has 0 saturated carbocycles. The Kier molecular flexibility index (Phi) is 5.88. The summed E-state index contributed by atoms with van der Waals surface area (Å²) in [5.41, 5.74) is 10.7. The van der Waals surface area contributed by atoms with Gasteiger partial charge >= 0.3 is 0 Å². The number of carbonyl (C=O) groups is 1. The van der Waals surface area contributed by atoms with Crippen LogP contribution in [0.1, 0.15) is 40.0 Å². The number of aliphatic imine (C=N–C) groups is 1. The minimum Gasteiger partial charge on any atom is -0.494 e. The van der Waals surface area contributed by atoms with E-state index in [4.69, 9.17) is 20.2 Å². The van der Waals surface area contributed by atoms with Crippen molar-refractivity contribution in [3.63, 3.8) is 0 Å². The minimum atomic E-state index is -0.522. The molecular weight excluding hydrogens is 444 g/mol. The van der Waals surface area contributed by atoms with Gasteiger partial charge in [0.1, 0.15) is 0 Å². The van der Waals surface area contributed by atoms with E-state index in [9.17, 15) is 9.90 Å². The molecular formula is C27H26N4O4. The van der Waals surface area contributed by atoms with Gasteiger partial charge in [-0.3, -0.25) is 9.79 Å². The topological polar surface area (TPSA) is 122 Å². The lowest BCUT2D eigenvalue weighted by molar-refractivity contribution is 0.100. The summed E-state index contributed by atoms with van der Waals surface area (Å²) in [5, 5.41) is 14.6. The van der Waals surface area contributed by atoms with Gasteiger partial charge in [0.25, 0.3) is 0 Å². The van der Waals surface area contributed by atoms with E-state index in [1.165, 1.54) is 0 Å². The highest BCUT2D eigenvalue weighted by Gasteiger charge is 2.17. The van der Waals surface area contributed by atoms with Crippen LogP contribution < -0.4 is 20.5 Å². The average molecular weight is 471 g/mol. The first-order chi connectivity index (χ1) is 16.9. The third-order valence-corrected chi connectivity index (χ3v) is 6.24. The highest BCUT2D eigenvalue weighted by molar-refractivity contribution is 6.13. The lowest BCUT2D eigenvalue weighted by atomic mass is 9.98. The molecule has 1 unspecified atom stereocenters. The Labute approximate surface area is 202 Å². The van der Waals surface area contributed by atoms with E-state index in [1.54, 1.807) is 18.2 Å². The molecule has 4 aromatic rings. The van der Waals surface area contributed by atoms with Crippen LogP contribution in [-0.2, 0) is 6.42 Å². The number of ether oxygens (including phenoxy) is 2. The van der Waals surface area contributed by atoms with Crippen molar-refractivity contribution in [2.24, 2.45) is 10.7 Å². The summed E-state index contributed by atoms with van der Waals surface area (Å²) in [6.07, 6.45) is 0.797. The lowest BCUT2D eigenvalue weighted by Gasteiger charge is -2.17. The van der Waals surface area contributed by atoms with Crippen LogP contribution >= 0.6 is 0 Å². The van der Waals surface area contributed by atoms with Crippen LogP contribution in [0.5, 0.6) is 17.4 Å². The molecule has 0 spiro atoms. The number of rotatable bonds is 7. The van der Waals surface area contributed by atoms with E-state index in [-0.39, 0.29) is 18.7 Å². The first-order valence-corrected chi connectivity index (χ1v) is 11.3. The first kappa shape index (κ1) is 22.5. The first-order valence-electron chi connectivity index (χ1n) is 11.3. The molecule has 35 heavy (non-hydrogen) atoms. The summed E-state index contributed by atoms with van der Waals surface area (Å²) >= 11 is 0. The number of H-pyrrole nitrogens is 1. The van der Waals surface area contributed by atoms with Crippen LogP contribution in [0.15, 0.2) is 65.7 Å². The van der Waals surface area contributed by atoms with Crippen molar-refractivity contribution in [3.8, 4) is 17.4 Å². The zero-order valence-electron chi connectivity index (χ0n) is 19.5. The maximum atomic E-state index is 11.5. The smallest absolute Gasteiger partial charge is 0.248 e. The van der Waals surface area contributed by atoms with Crippen LogP contribution in [0.25, 0.3) is 10.9 Å². The molecule has 3 aromatic carbocycles. The molecule has 178 valence electrons. The normalized spacial score (nSPS) is 13.8. The fourth-order valence-electron chi connectivity index (χ4n) is 4.42. The van der Waals surface area contributed by atoms with Crippen molar-refractivity contribution < 1.29 is 19.4 Å².